The topological polar surface area (TPSA) is 58.4 Å². The van der Waals surface area contributed by atoms with Gasteiger partial charge in [0.2, 0.25) is 5.91 Å². The van der Waals surface area contributed by atoms with Gasteiger partial charge in [-0.15, -0.1) is 0 Å². The fourth-order valence-corrected chi connectivity index (χ4v) is 2.89. The number of amides is 1. The number of aryl methyl sites for hydroxylation is 1. The summed E-state index contributed by atoms with van der Waals surface area (Å²) in [5, 5.41) is 2.91. The van der Waals surface area contributed by atoms with Crippen LogP contribution in [0.1, 0.15) is 31.7 Å². The Morgan fingerprint density at radius 3 is 3.00 bits per heavy atom. The minimum Gasteiger partial charge on any atom is -0.397 e. The molecular formula is C16H25N3O. The van der Waals surface area contributed by atoms with Crippen molar-refractivity contribution in [3.05, 3.63) is 23.8 Å². The molecule has 4 heteroatoms. The SMILES string of the molecule is CCCC1CCN(CC(=O)Nc2ccc(C)cc2N)C1. The fraction of sp³-hybridized carbons (Fsp3) is 0.562. The molecular weight excluding hydrogens is 250 g/mol. The van der Waals surface area contributed by atoms with Gasteiger partial charge >= 0.3 is 0 Å². The Morgan fingerprint density at radius 1 is 1.50 bits per heavy atom. The third-order valence-electron chi connectivity index (χ3n) is 3.92. The molecule has 0 radical (unpaired) electrons. The van der Waals surface area contributed by atoms with E-state index in [0.717, 1.165) is 24.6 Å². The van der Waals surface area contributed by atoms with Gasteiger partial charge in [0.1, 0.15) is 0 Å². The minimum absolute atomic E-state index is 0.0256. The first-order chi connectivity index (χ1) is 9.58. The Labute approximate surface area is 121 Å². The number of benzene rings is 1. The van der Waals surface area contributed by atoms with Crippen LogP contribution in [0.2, 0.25) is 0 Å². The van der Waals surface area contributed by atoms with Crippen LogP contribution in [-0.4, -0.2) is 30.4 Å². The lowest BCUT2D eigenvalue weighted by Gasteiger charge is -2.16. The highest BCUT2D eigenvalue weighted by Crippen LogP contribution is 2.22. The highest BCUT2D eigenvalue weighted by atomic mass is 16.2. The van der Waals surface area contributed by atoms with Gasteiger partial charge in [-0.25, -0.2) is 0 Å². The Bertz CT molecular complexity index is 473. The Hall–Kier alpha value is -1.55. The summed E-state index contributed by atoms with van der Waals surface area (Å²) >= 11 is 0. The summed E-state index contributed by atoms with van der Waals surface area (Å²) in [6.07, 6.45) is 3.71. The molecule has 1 saturated heterocycles. The molecule has 1 aromatic carbocycles. The molecule has 3 N–H and O–H groups in total. The summed E-state index contributed by atoms with van der Waals surface area (Å²) < 4.78 is 0. The van der Waals surface area contributed by atoms with E-state index in [0.29, 0.717) is 17.9 Å². The highest BCUT2D eigenvalue weighted by Gasteiger charge is 2.23. The molecule has 1 fully saturated rings. The molecule has 20 heavy (non-hydrogen) atoms. The van der Waals surface area contributed by atoms with Crippen molar-refractivity contribution < 1.29 is 4.79 Å². The maximum absolute atomic E-state index is 12.1. The van der Waals surface area contributed by atoms with Crippen LogP contribution in [0.15, 0.2) is 18.2 Å². The smallest absolute Gasteiger partial charge is 0.238 e. The molecule has 1 unspecified atom stereocenters. The summed E-state index contributed by atoms with van der Waals surface area (Å²) in [7, 11) is 0. The number of nitrogen functional groups attached to an aromatic ring is 1. The molecule has 1 aliphatic rings. The molecule has 1 atom stereocenters. The zero-order valence-corrected chi connectivity index (χ0v) is 12.5. The van der Waals surface area contributed by atoms with Crippen molar-refractivity contribution in [3.63, 3.8) is 0 Å². The first-order valence-electron chi connectivity index (χ1n) is 7.46. The lowest BCUT2D eigenvalue weighted by Crippen LogP contribution is -2.31. The fourth-order valence-electron chi connectivity index (χ4n) is 2.89. The highest BCUT2D eigenvalue weighted by molar-refractivity contribution is 5.95. The number of carbonyl (C=O) groups excluding carboxylic acids is 1. The van der Waals surface area contributed by atoms with Gasteiger partial charge in [-0.2, -0.15) is 0 Å². The van der Waals surface area contributed by atoms with Gasteiger partial charge < -0.3 is 11.1 Å². The predicted octanol–water partition coefficient (Wildman–Crippen LogP) is 2.64. The van der Waals surface area contributed by atoms with E-state index in [9.17, 15) is 4.79 Å². The Morgan fingerprint density at radius 2 is 2.30 bits per heavy atom. The van der Waals surface area contributed by atoms with Gasteiger partial charge in [-0.05, 0) is 49.9 Å². The van der Waals surface area contributed by atoms with E-state index >= 15 is 0 Å². The van der Waals surface area contributed by atoms with Crippen molar-refractivity contribution in [1.29, 1.82) is 0 Å². The van der Waals surface area contributed by atoms with Crippen LogP contribution >= 0.6 is 0 Å². The van der Waals surface area contributed by atoms with Crippen molar-refractivity contribution in [2.24, 2.45) is 5.92 Å². The number of hydrogen-bond acceptors (Lipinski definition) is 3. The van der Waals surface area contributed by atoms with Gasteiger partial charge in [0.15, 0.2) is 0 Å². The maximum atomic E-state index is 12.1. The number of likely N-dealkylation sites (tertiary alicyclic amines) is 1. The summed E-state index contributed by atoms with van der Waals surface area (Å²) in [6.45, 7) is 6.75. The zero-order valence-electron chi connectivity index (χ0n) is 12.5. The molecule has 1 amide bonds. The molecule has 1 heterocycles. The lowest BCUT2D eigenvalue weighted by atomic mass is 10.0. The van der Waals surface area contributed by atoms with E-state index in [2.05, 4.69) is 17.1 Å². The van der Waals surface area contributed by atoms with E-state index in [4.69, 9.17) is 5.73 Å². The molecule has 1 aliphatic heterocycles. The zero-order chi connectivity index (χ0) is 14.5. The second-order valence-electron chi connectivity index (χ2n) is 5.82. The predicted molar refractivity (Wildman–Crippen MR) is 83.7 cm³/mol. The third-order valence-corrected chi connectivity index (χ3v) is 3.92. The van der Waals surface area contributed by atoms with Crippen molar-refractivity contribution in [3.8, 4) is 0 Å². The minimum atomic E-state index is 0.0256. The first kappa shape index (κ1) is 14.9. The van der Waals surface area contributed by atoms with E-state index < -0.39 is 0 Å². The molecule has 0 bridgehead atoms. The number of anilines is 2. The van der Waals surface area contributed by atoms with Gasteiger partial charge in [0, 0.05) is 6.54 Å². The monoisotopic (exact) mass is 275 g/mol. The van der Waals surface area contributed by atoms with Crippen LogP contribution < -0.4 is 11.1 Å². The Kier molecular flexibility index (Phi) is 5.01. The van der Waals surface area contributed by atoms with Crippen LogP contribution in [0.5, 0.6) is 0 Å². The number of rotatable bonds is 5. The molecule has 1 aromatic rings. The summed E-state index contributed by atoms with van der Waals surface area (Å²) in [4.78, 5) is 14.3. The van der Waals surface area contributed by atoms with Crippen LogP contribution in [0.25, 0.3) is 0 Å². The van der Waals surface area contributed by atoms with Crippen molar-refractivity contribution >= 4 is 17.3 Å². The second-order valence-corrected chi connectivity index (χ2v) is 5.82. The summed E-state index contributed by atoms with van der Waals surface area (Å²) in [5.41, 5.74) is 8.35. The van der Waals surface area contributed by atoms with Crippen molar-refractivity contribution in [1.82, 2.24) is 4.90 Å². The number of hydrogen-bond donors (Lipinski definition) is 2. The molecule has 0 aliphatic carbocycles. The summed E-state index contributed by atoms with van der Waals surface area (Å²) in [5.74, 6) is 0.787. The maximum Gasteiger partial charge on any atom is 0.238 e. The van der Waals surface area contributed by atoms with Crippen LogP contribution in [0.4, 0.5) is 11.4 Å². The molecule has 4 nitrogen and oxygen atoms in total. The van der Waals surface area contributed by atoms with Crippen LogP contribution in [-0.2, 0) is 4.79 Å². The lowest BCUT2D eigenvalue weighted by molar-refractivity contribution is -0.117. The van der Waals surface area contributed by atoms with Gasteiger partial charge in [0.05, 0.1) is 17.9 Å². The van der Waals surface area contributed by atoms with Crippen LogP contribution in [0.3, 0.4) is 0 Å². The number of nitrogens with one attached hydrogen (secondary N) is 1. The number of carbonyl (C=O) groups is 1. The van der Waals surface area contributed by atoms with Gasteiger partial charge in [-0.1, -0.05) is 19.4 Å². The largest absolute Gasteiger partial charge is 0.397 e. The first-order valence-corrected chi connectivity index (χ1v) is 7.46. The summed E-state index contributed by atoms with van der Waals surface area (Å²) in [6, 6.07) is 5.70. The molecule has 0 spiro atoms. The van der Waals surface area contributed by atoms with E-state index in [-0.39, 0.29) is 5.91 Å². The molecule has 0 aromatic heterocycles. The quantitative estimate of drug-likeness (QED) is 0.812. The van der Waals surface area contributed by atoms with Crippen LogP contribution in [0, 0.1) is 12.8 Å². The van der Waals surface area contributed by atoms with Gasteiger partial charge in [0.25, 0.3) is 0 Å². The van der Waals surface area contributed by atoms with E-state index in [1.165, 1.54) is 19.3 Å². The third kappa shape index (κ3) is 3.97. The molecule has 0 saturated carbocycles. The number of nitrogens with two attached hydrogens (primary N) is 1. The normalized spacial score (nSPS) is 19.2. The Balaban J connectivity index is 1.84. The average Bonchev–Trinajstić information content (AvgIpc) is 2.81. The molecule has 110 valence electrons. The average molecular weight is 275 g/mol. The van der Waals surface area contributed by atoms with E-state index in [1.807, 2.05) is 25.1 Å². The van der Waals surface area contributed by atoms with Crippen molar-refractivity contribution in [2.75, 3.05) is 30.7 Å². The number of nitrogens with zero attached hydrogens (tertiary/aromatic N) is 1. The second kappa shape index (κ2) is 6.75. The molecule has 2 rings (SSSR count). The van der Waals surface area contributed by atoms with Crippen molar-refractivity contribution in [2.45, 2.75) is 33.1 Å². The standard InChI is InChI=1S/C16H25N3O/c1-3-4-13-7-8-19(10-13)11-16(20)18-15-6-5-12(2)9-14(15)17/h5-6,9,13H,3-4,7-8,10-11,17H2,1-2H3,(H,18,20). The van der Waals surface area contributed by atoms with E-state index in [1.54, 1.807) is 0 Å². The van der Waals surface area contributed by atoms with Gasteiger partial charge in [-0.3, -0.25) is 9.69 Å².